The minimum atomic E-state index is -4.09. The van der Waals surface area contributed by atoms with Crippen LogP contribution in [0.4, 0.5) is 10.1 Å². The molecule has 0 saturated heterocycles. The molecule has 0 spiro atoms. The van der Waals surface area contributed by atoms with Crippen molar-refractivity contribution in [3.05, 3.63) is 69.2 Å². The Labute approximate surface area is 203 Å². The number of aromatic nitrogens is 1. The van der Waals surface area contributed by atoms with E-state index in [4.69, 9.17) is 4.74 Å². The first-order valence-corrected chi connectivity index (χ1v) is 13.4. The molecule has 9 heteroatoms. The molecule has 3 aromatic rings. The SMILES string of the molecule is Cc1csc(S(=O)(=O)N(CC(C)F)c2cc3c(cc2OCc2ccc(C=O)cc2C)CCC3)n1. The molecule has 1 heterocycles. The van der Waals surface area contributed by atoms with Gasteiger partial charge in [-0.15, -0.1) is 11.3 Å². The van der Waals surface area contributed by atoms with Gasteiger partial charge < -0.3 is 4.74 Å². The maximum Gasteiger partial charge on any atom is 0.291 e. The van der Waals surface area contributed by atoms with Gasteiger partial charge in [-0.1, -0.05) is 12.1 Å². The highest BCUT2D eigenvalue weighted by molar-refractivity contribution is 7.94. The van der Waals surface area contributed by atoms with E-state index in [0.29, 0.717) is 22.7 Å². The van der Waals surface area contributed by atoms with E-state index < -0.39 is 16.2 Å². The van der Waals surface area contributed by atoms with Crippen LogP contribution >= 0.6 is 11.3 Å². The predicted octanol–water partition coefficient (Wildman–Crippen LogP) is 5.19. The second-order valence-electron chi connectivity index (χ2n) is 8.61. The summed E-state index contributed by atoms with van der Waals surface area (Å²) in [5.74, 6) is 0.386. The fraction of sp³-hybridized carbons (Fsp3) is 0.360. The summed E-state index contributed by atoms with van der Waals surface area (Å²) in [6.45, 7) is 4.79. The molecule has 1 aliphatic carbocycles. The number of benzene rings is 2. The van der Waals surface area contributed by atoms with E-state index in [-0.39, 0.29) is 17.5 Å². The fourth-order valence-electron chi connectivity index (χ4n) is 4.11. The fourth-order valence-corrected chi connectivity index (χ4v) is 6.78. The smallest absolute Gasteiger partial charge is 0.291 e. The maximum absolute atomic E-state index is 14.3. The highest BCUT2D eigenvalue weighted by Crippen LogP contribution is 2.39. The molecule has 0 amide bonds. The first-order valence-electron chi connectivity index (χ1n) is 11.1. The number of aryl methyl sites for hydroxylation is 4. The first kappa shape index (κ1) is 24.3. The lowest BCUT2D eigenvalue weighted by atomic mass is 10.1. The van der Waals surface area contributed by atoms with Crippen molar-refractivity contribution in [3.63, 3.8) is 0 Å². The molecule has 1 atom stereocenters. The average Bonchev–Trinajstić information content (AvgIpc) is 3.44. The number of nitrogens with zero attached hydrogens (tertiary/aromatic N) is 2. The summed E-state index contributed by atoms with van der Waals surface area (Å²) in [6, 6.07) is 9.02. The van der Waals surface area contributed by atoms with Gasteiger partial charge in [-0.25, -0.2) is 9.37 Å². The number of ether oxygens (including phenoxy) is 1. The second kappa shape index (κ2) is 9.84. The number of anilines is 1. The molecule has 0 N–H and O–H groups in total. The Kier molecular flexibility index (Phi) is 7.04. The molecule has 1 aliphatic rings. The predicted molar refractivity (Wildman–Crippen MR) is 131 cm³/mol. The van der Waals surface area contributed by atoms with Gasteiger partial charge in [-0.2, -0.15) is 8.42 Å². The van der Waals surface area contributed by atoms with Gasteiger partial charge in [0.1, 0.15) is 24.8 Å². The van der Waals surface area contributed by atoms with Crippen molar-refractivity contribution < 1.29 is 22.3 Å². The van der Waals surface area contributed by atoms with Crippen molar-refractivity contribution in [2.24, 2.45) is 0 Å². The van der Waals surface area contributed by atoms with Crippen molar-refractivity contribution in [2.45, 2.75) is 57.2 Å². The number of fused-ring (bicyclic) bond motifs is 1. The normalized spacial score (nSPS) is 14.0. The average molecular weight is 503 g/mol. The Balaban J connectivity index is 1.76. The third-order valence-corrected chi connectivity index (χ3v) is 8.99. The zero-order chi connectivity index (χ0) is 24.5. The van der Waals surface area contributed by atoms with Gasteiger partial charge in [0.15, 0.2) is 0 Å². The molecule has 1 aromatic heterocycles. The van der Waals surface area contributed by atoms with E-state index in [2.05, 4.69) is 4.98 Å². The topological polar surface area (TPSA) is 76.6 Å². The zero-order valence-electron chi connectivity index (χ0n) is 19.4. The van der Waals surface area contributed by atoms with E-state index in [1.165, 1.54) is 6.92 Å². The molecule has 0 fully saturated rings. The number of alkyl halides is 1. The Morgan fingerprint density at radius 1 is 1.21 bits per heavy atom. The number of thiazole rings is 1. The molecule has 2 aromatic carbocycles. The highest BCUT2D eigenvalue weighted by Gasteiger charge is 2.32. The van der Waals surface area contributed by atoms with Gasteiger partial charge in [0.25, 0.3) is 10.0 Å². The second-order valence-corrected chi connectivity index (χ2v) is 11.5. The summed E-state index contributed by atoms with van der Waals surface area (Å²) >= 11 is 1.02. The molecule has 1 unspecified atom stereocenters. The Morgan fingerprint density at radius 3 is 2.56 bits per heavy atom. The van der Waals surface area contributed by atoms with E-state index in [1.54, 1.807) is 24.4 Å². The molecular formula is C25H27FN2O4S2. The number of carbonyl (C=O) groups excluding carboxylic acids is 1. The van der Waals surface area contributed by atoms with Gasteiger partial charge in [-0.05, 0) is 80.5 Å². The zero-order valence-corrected chi connectivity index (χ0v) is 21.0. The molecule has 0 radical (unpaired) electrons. The number of sulfonamides is 1. The summed E-state index contributed by atoms with van der Waals surface area (Å²) in [5.41, 5.74) is 5.43. The minimum absolute atomic E-state index is 0.0719. The number of rotatable bonds is 9. The number of carbonyl (C=O) groups is 1. The van der Waals surface area contributed by atoms with Crippen LogP contribution < -0.4 is 9.04 Å². The summed E-state index contributed by atoms with van der Waals surface area (Å²) < 4.78 is 48.6. The molecular weight excluding hydrogens is 475 g/mol. The summed E-state index contributed by atoms with van der Waals surface area (Å²) in [4.78, 5) is 15.2. The van der Waals surface area contributed by atoms with Crippen LogP contribution in [-0.2, 0) is 29.5 Å². The van der Waals surface area contributed by atoms with Gasteiger partial charge >= 0.3 is 0 Å². The molecule has 6 nitrogen and oxygen atoms in total. The summed E-state index contributed by atoms with van der Waals surface area (Å²) in [6.07, 6.45) is 2.09. The molecule has 180 valence electrons. The van der Waals surface area contributed by atoms with E-state index in [0.717, 1.165) is 63.4 Å². The van der Waals surface area contributed by atoms with Crippen LogP contribution in [0.5, 0.6) is 5.75 Å². The van der Waals surface area contributed by atoms with E-state index in [9.17, 15) is 17.6 Å². The quantitative estimate of drug-likeness (QED) is 0.376. The largest absolute Gasteiger partial charge is 0.487 e. The van der Waals surface area contributed by atoms with E-state index in [1.807, 2.05) is 25.1 Å². The molecule has 0 bridgehead atoms. The monoisotopic (exact) mass is 502 g/mol. The van der Waals surface area contributed by atoms with Gasteiger partial charge in [0.05, 0.1) is 12.2 Å². The van der Waals surface area contributed by atoms with Gasteiger partial charge in [0, 0.05) is 16.6 Å². The Morgan fingerprint density at radius 2 is 1.94 bits per heavy atom. The van der Waals surface area contributed by atoms with Gasteiger partial charge in [-0.3, -0.25) is 9.10 Å². The first-order chi connectivity index (χ1) is 16.2. The van der Waals surface area contributed by atoms with Crippen LogP contribution in [0.1, 0.15) is 51.7 Å². The lowest BCUT2D eigenvalue weighted by Gasteiger charge is -2.27. The Hall–Kier alpha value is -2.78. The molecule has 0 aliphatic heterocycles. The number of hydrogen-bond donors (Lipinski definition) is 0. The van der Waals surface area contributed by atoms with Crippen LogP contribution in [-0.4, -0.2) is 32.4 Å². The highest BCUT2D eigenvalue weighted by atomic mass is 32.2. The van der Waals surface area contributed by atoms with Gasteiger partial charge in [0.2, 0.25) is 4.34 Å². The van der Waals surface area contributed by atoms with Crippen molar-refractivity contribution in [2.75, 3.05) is 10.8 Å². The Bertz CT molecular complexity index is 1320. The van der Waals surface area contributed by atoms with Crippen LogP contribution in [0.25, 0.3) is 0 Å². The minimum Gasteiger partial charge on any atom is -0.487 e. The maximum atomic E-state index is 14.3. The van der Waals surface area contributed by atoms with Crippen molar-refractivity contribution in [1.82, 2.24) is 4.98 Å². The number of halogens is 1. The lowest BCUT2D eigenvalue weighted by molar-refractivity contribution is 0.112. The molecule has 4 rings (SSSR count). The van der Waals surface area contributed by atoms with Crippen molar-refractivity contribution in [3.8, 4) is 5.75 Å². The van der Waals surface area contributed by atoms with Crippen LogP contribution in [0, 0.1) is 13.8 Å². The van der Waals surface area contributed by atoms with Crippen molar-refractivity contribution >= 4 is 33.3 Å². The number of aldehydes is 1. The van der Waals surface area contributed by atoms with Crippen LogP contribution in [0.2, 0.25) is 0 Å². The molecule has 0 saturated carbocycles. The van der Waals surface area contributed by atoms with Crippen molar-refractivity contribution in [1.29, 1.82) is 0 Å². The van der Waals surface area contributed by atoms with E-state index >= 15 is 0 Å². The number of hydrogen-bond acceptors (Lipinski definition) is 6. The third-order valence-electron chi connectivity index (χ3n) is 5.85. The van der Waals surface area contributed by atoms with Crippen LogP contribution in [0.15, 0.2) is 40.1 Å². The summed E-state index contributed by atoms with van der Waals surface area (Å²) in [7, 11) is -4.09. The standard InChI is InChI=1S/C25H27FN2O4S2/c1-16-9-19(13-29)7-8-22(16)14-32-24-11-21-6-4-5-20(21)10-23(24)28(12-17(2)26)34(30,31)25-27-18(3)15-33-25/h7-11,13,15,17H,4-6,12,14H2,1-3H3. The lowest BCUT2D eigenvalue weighted by Crippen LogP contribution is -2.36. The summed E-state index contributed by atoms with van der Waals surface area (Å²) in [5, 5.41) is 1.66. The van der Waals surface area contributed by atoms with Crippen LogP contribution in [0.3, 0.4) is 0 Å². The molecule has 34 heavy (non-hydrogen) atoms. The third kappa shape index (κ3) is 5.00.